The van der Waals surface area contributed by atoms with Gasteiger partial charge in [-0.05, 0) is 36.4 Å². The van der Waals surface area contributed by atoms with E-state index in [2.05, 4.69) is 15.5 Å². The standard InChI is InChI=1S/C19H20FN5O2.ClH/c1-12(26)21-14-7-10-16(17(11-14)27-4)18-22-23-19(25(18)3)24(2)15-8-5-13(20)6-9-15;/h5-11H,1-4H3,(H,21,26);1H. The first-order chi connectivity index (χ1) is 12.9. The second-order valence-electron chi connectivity index (χ2n) is 6.01. The van der Waals surface area contributed by atoms with Crippen LogP contribution in [0.1, 0.15) is 6.92 Å². The molecular formula is C19H21ClFN5O2. The molecule has 1 amide bonds. The minimum absolute atomic E-state index is 0. The van der Waals surface area contributed by atoms with Gasteiger partial charge in [0.05, 0.1) is 12.7 Å². The summed E-state index contributed by atoms with van der Waals surface area (Å²) in [6.45, 7) is 1.45. The SMILES string of the molecule is COc1cc(NC(C)=O)ccc1-c1nnc(N(C)c2ccc(F)cc2)n1C.Cl. The molecular weight excluding hydrogens is 385 g/mol. The third-order valence-electron chi connectivity index (χ3n) is 4.13. The van der Waals surface area contributed by atoms with Gasteiger partial charge in [-0.2, -0.15) is 0 Å². The summed E-state index contributed by atoms with van der Waals surface area (Å²) in [6, 6.07) is 11.5. The van der Waals surface area contributed by atoms with Gasteiger partial charge in [-0.25, -0.2) is 4.39 Å². The number of ether oxygens (including phenoxy) is 1. The Morgan fingerprint density at radius 2 is 1.86 bits per heavy atom. The van der Waals surface area contributed by atoms with Gasteiger partial charge >= 0.3 is 0 Å². The van der Waals surface area contributed by atoms with Crippen LogP contribution in [0.25, 0.3) is 11.4 Å². The molecule has 0 aliphatic carbocycles. The van der Waals surface area contributed by atoms with Crippen molar-refractivity contribution in [1.82, 2.24) is 14.8 Å². The van der Waals surface area contributed by atoms with Gasteiger partial charge in [0.1, 0.15) is 11.6 Å². The lowest BCUT2D eigenvalue weighted by Gasteiger charge is -2.18. The summed E-state index contributed by atoms with van der Waals surface area (Å²) in [6.07, 6.45) is 0. The number of nitrogens with one attached hydrogen (secondary N) is 1. The Hall–Kier alpha value is -3.13. The van der Waals surface area contributed by atoms with E-state index in [-0.39, 0.29) is 24.1 Å². The quantitative estimate of drug-likeness (QED) is 0.699. The molecule has 0 radical (unpaired) electrons. The van der Waals surface area contributed by atoms with Crippen LogP contribution in [0.4, 0.5) is 21.7 Å². The van der Waals surface area contributed by atoms with Crippen LogP contribution in [0, 0.1) is 5.82 Å². The fraction of sp³-hybridized carbons (Fsp3) is 0.211. The Morgan fingerprint density at radius 3 is 2.46 bits per heavy atom. The fourth-order valence-electron chi connectivity index (χ4n) is 2.78. The molecule has 0 bridgehead atoms. The zero-order valence-electron chi connectivity index (χ0n) is 15.9. The summed E-state index contributed by atoms with van der Waals surface area (Å²) in [7, 11) is 5.22. The predicted octanol–water partition coefficient (Wildman–Crippen LogP) is 3.78. The lowest BCUT2D eigenvalue weighted by Crippen LogP contribution is -2.14. The molecule has 0 aliphatic heterocycles. The van der Waals surface area contributed by atoms with Crippen LogP contribution in [0.15, 0.2) is 42.5 Å². The molecule has 1 aromatic heterocycles. The van der Waals surface area contributed by atoms with Crippen molar-refractivity contribution < 1.29 is 13.9 Å². The lowest BCUT2D eigenvalue weighted by atomic mass is 10.1. The number of hydrogen-bond acceptors (Lipinski definition) is 5. The number of rotatable bonds is 5. The fourth-order valence-corrected chi connectivity index (χ4v) is 2.78. The Morgan fingerprint density at radius 1 is 1.18 bits per heavy atom. The van der Waals surface area contributed by atoms with E-state index >= 15 is 0 Å². The third-order valence-corrected chi connectivity index (χ3v) is 4.13. The first-order valence-corrected chi connectivity index (χ1v) is 8.25. The Kier molecular flexibility index (Phi) is 6.58. The third kappa shape index (κ3) is 4.23. The summed E-state index contributed by atoms with van der Waals surface area (Å²) >= 11 is 0. The summed E-state index contributed by atoms with van der Waals surface area (Å²) < 4.78 is 20.4. The highest BCUT2D eigenvalue weighted by molar-refractivity contribution is 5.89. The highest BCUT2D eigenvalue weighted by atomic mass is 35.5. The van der Waals surface area contributed by atoms with Gasteiger partial charge in [0.2, 0.25) is 11.9 Å². The van der Waals surface area contributed by atoms with E-state index in [1.54, 1.807) is 31.4 Å². The molecule has 0 saturated carbocycles. The van der Waals surface area contributed by atoms with Gasteiger partial charge < -0.3 is 15.0 Å². The number of carbonyl (C=O) groups is 1. The van der Waals surface area contributed by atoms with Gasteiger partial charge in [-0.15, -0.1) is 22.6 Å². The smallest absolute Gasteiger partial charge is 0.231 e. The van der Waals surface area contributed by atoms with Gasteiger partial charge in [-0.3, -0.25) is 9.36 Å². The molecule has 148 valence electrons. The molecule has 0 unspecified atom stereocenters. The number of benzene rings is 2. The van der Waals surface area contributed by atoms with Crippen molar-refractivity contribution in [2.24, 2.45) is 7.05 Å². The van der Waals surface area contributed by atoms with E-state index in [9.17, 15) is 9.18 Å². The average molecular weight is 406 g/mol. The van der Waals surface area contributed by atoms with Crippen molar-refractivity contribution in [3.8, 4) is 17.1 Å². The Labute approximate surface area is 168 Å². The molecule has 0 aliphatic rings. The molecule has 2 aromatic carbocycles. The maximum Gasteiger partial charge on any atom is 0.231 e. The van der Waals surface area contributed by atoms with Crippen molar-refractivity contribution in [1.29, 1.82) is 0 Å². The Balaban J connectivity index is 0.00000280. The molecule has 3 aromatic rings. The van der Waals surface area contributed by atoms with E-state index in [4.69, 9.17) is 4.74 Å². The van der Waals surface area contributed by atoms with E-state index < -0.39 is 0 Å². The number of carbonyl (C=O) groups excluding carboxylic acids is 1. The van der Waals surface area contributed by atoms with Crippen molar-refractivity contribution in [2.75, 3.05) is 24.4 Å². The maximum atomic E-state index is 13.2. The number of halogens is 2. The second-order valence-corrected chi connectivity index (χ2v) is 6.01. The van der Waals surface area contributed by atoms with Gasteiger partial charge in [-0.1, -0.05) is 0 Å². The predicted molar refractivity (Wildman–Crippen MR) is 109 cm³/mol. The molecule has 3 rings (SSSR count). The molecule has 1 heterocycles. The number of hydrogen-bond donors (Lipinski definition) is 1. The number of nitrogens with zero attached hydrogens (tertiary/aromatic N) is 4. The van der Waals surface area contributed by atoms with Crippen molar-refractivity contribution >= 4 is 35.6 Å². The van der Waals surface area contributed by atoms with Crippen molar-refractivity contribution in [3.63, 3.8) is 0 Å². The number of aromatic nitrogens is 3. The van der Waals surface area contributed by atoms with Gasteiger partial charge in [0, 0.05) is 38.5 Å². The van der Waals surface area contributed by atoms with E-state index in [1.165, 1.54) is 19.1 Å². The molecule has 0 spiro atoms. The number of amides is 1. The molecule has 28 heavy (non-hydrogen) atoms. The van der Waals surface area contributed by atoms with Crippen LogP contribution in [0.2, 0.25) is 0 Å². The van der Waals surface area contributed by atoms with Crippen LogP contribution in [0.3, 0.4) is 0 Å². The minimum atomic E-state index is -0.296. The summed E-state index contributed by atoms with van der Waals surface area (Å²) in [4.78, 5) is 13.1. The summed E-state index contributed by atoms with van der Waals surface area (Å²) in [5.74, 6) is 1.30. The Bertz CT molecular complexity index is 975. The number of methoxy groups -OCH3 is 1. The first-order valence-electron chi connectivity index (χ1n) is 8.25. The molecule has 0 atom stereocenters. The van der Waals surface area contributed by atoms with Crippen LogP contribution < -0.4 is 15.0 Å². The maximum absolute atomic E-state index is 13.2. The molecule has 7 nitrogen and oxygen atoms in total. The molecule has 9 heteroatoms. The van der Waals surface area contributed by atoms with Crippen LogP contribution in [0.5, 0.6) is 5.75 Å². The zero-order valence-corrected chi connectivity index (χ0v) is 16.7. The average Bonchev–Trinajstić information content (AvgIpc) is 3.02. The summed E-state index contributed by atoms with van der Waals surface area (Å²) in [5.41, 5.74) is 2.15. The van der Waals surface area contributed by atoms with Crippen molar-refractivity contribution in [2.45, 2.75) is 6.92 Å². The summed E-state index contributed by atoms with van der Waals surface area (Å²) in [5, 5.41) is 11.3. The van der Waals surface area contributed by atoms with Crippen molar-refractivity contribution in [3.05, 3.63) is 48.3 Å². The topological polar surface area (TPSA) is 72.3 Å². The van der Waals surface area contributed by atoms with E-state index in [0.717, 1.165) is 11.3 Å². The van der Waals surface area contributed by atoms with Gasteiger partial charge in [0.15, 0.2) is 5.82 Å². The minimum Gasteiger partial charge on any atom is -0.496 e. The normalized spacial score (nSPS) is 10.2. The van der Waals surface area contributed by atoms with E-state index in [0.29, 0.717) is 23.2 Å². The largest absolute Gasteiger partial charge is 0.496 e. The lowest BCUT2D eigenvalue weighted by molar-refractivity contribution is -0.114. The van der Waals surface area contributed by atoms with Crippen LogP contribution >= 0.6 is 12.4 Å². The zero-order chi connectivity index (χ0) is 19.6. The number of anilines is 3. The van der Waals surface area contributed by atoms with E-state index in [1.807, 2.05) is 29.6 Å². The molecule has 1 N–H and O–H groups in total. The monoisotopic (exact) mass is 405 g/mol. The molecule has 0 saturated heterocycles. The second kappa shape index (κ2) is 8.71. The molecule has 0 fully saturated rings. The van der Waals surface area contributed by atoms with Crippen LogP contribution in [-0.4, -0.2) is 34.8 Å². The highest BCUT2D eigenvalue weighted by Crippen LogP contribution is 2.33. The van der Waals surface area contributed by atoms with Crippen LogP contribution in [-0.2, 0) is 11.8 Å². The van der Waals surface area contributed by atoms with Gasteiger partial charge in [0.25, 0.3) is 0 Å². The highest BCUT2D eigenvalue weighted by Gasteiger charge is 2.18. The first kappa shape index (κ1) is 21.2.